The maximum atomic E-state index is 2.57. The van der Waals surface area contributed by atoms with Crippen molar-refractivity contribution < 1.29 is 0 Å². The molecular formula is C68H68N2. The van der Waals surface area contributed by atoms with Crippen LogP contribution in [0.5, 0.6) is 0 Å². The lowest BCUT2D eigenvalue weighted by atomic mass is 9.78. The van der Waals surface area contributed by atoms with Crippen molar-refractivity contribution in [2.75, 3.05) is 9.80 Å². The molecule has 0 radical (unpaired) electrons. The minimum absolute atomic E-state index is 0.196. The van der Waals surface area contributed by atoms with Gasteiger partial charge in [-0.1, -0.05) is 64.1 Å². The summed E-state index contributed by atoms with van der Waals surface area (Å²) in [5, 5.41) is 5.20. The van der Waals surface area contributed by atoms with Gasteiger partial charge in [0.15, 0.2) is 0 Å². The van der Waals surface area contributed by atoms with Crippen molar-refractivity contribution >= 4 is 55.7 Å². The van der Waals surface area contributed by atoms with Gasteiger partial charge in [-0.15, -0.1) is 0 Å². The second kappa shape index (κ2) is 15.8. The van der Waals surface area contributed by atoms with Crippen LogP contribution in [0.1, 0.15) is 117 Å². The number of aryl methyl sites for hydroxylation is 8. The van der Waals surface area contributed by atoms with Crippen LogP contribution in [0.2, 0.25) is 0 Å². The fourth-order valence-corrected chi connectivity index (χ4v) is 12.5. The van der Waals surface area contributed by atoms with E-state index in [-0.39, 0.29) is 10.8 Å². The number of hydrogen-bond acceptors (Lipinski definition) is 2. The summed E-state index contributed by atoms with van der Waals surface area (Å²) in [6.45, 7) is 36.6. The number of anilines is 6. The molecule has 2 aliphatic rings. The van der Waals surface area contributed by atoms with Crippen LogP contribution in [0.25, 0.3) is 43.8 Å². The minimum atomic E-state index is -0.196. The minimum Gasteiger partial charge on any atom is -0.310 e. The van der Waals surface area contributed by atoms with Gasteiger partial charge in [0.1, 0.15) is 0 Å². The number of hydrogen-bond donors (Lipinski definition) is 0. The van der Waals surface area contributed by atoms with E-state index in [4.69, 9.17) is 0 Å². The zero-order valence-corrected chi connectivity index (χ0v) is 44.4. The first-order valence-corrected chi connectivity index (χ1v) is 25.4. The molecule has 0 unspecified atom stereocenters. The first-order chi connectivity index (χ1) is 33.1. The number of rotatable bonds is 6. The predicted molar refractivity (Wildman–Crippen MR) is 303 cm³/mol. The van der Waals surface area contributed by atoms with Crippen LogP contribution >= 0.6 is 0 Å². The maximum absolute atomic E-state index is 2.57. The molecule has 0 fully saturated rings. The molecule has 2 nitrogen and oxygen atoms in total. The first kappa shape index (κ1) is 45.5. The first-order valence-electron chi connectivity index (χ1n) is 25.4. The smallest absolute Gasteiger partial charge is 0.0468 e. The molecule has 0 spiro atoms. The van der Waals surface area contributed by atoms with Crippen LogP contribution in [0.15, 0.2) is 121 Å². The van der Waals surface area contributed by atoms with Crippen molar-refractivity contribution in [3.8, 4) is 22.3 Å². The van der Waals surface area contributed by atoms with Gasteiger partial charge < -0.3 is 9.80 Å². The number of nitrogens with zero attached hydrogens (tertiary/aromatic N) is 2. The van der Waals surface area contributed by atoms with Crippen LogP contribution in [-0.2, 0) is 10.8 Å². The van der Waals surface area contributed by atoms with Gasteiger partial charge in [0.25, 0.3) is 0 Å². The summed E-state index contributed by atoms with van der Waals surface area (Å²) in [5.41, 5.74) is 33.8. The second-order valence-electron chi connectivity index (χ2n) is 22.5. The molecule has 0 bridgehead atoms. The molecule has 9 aromatic carbocycles. The normalized spacial score (nSPS) is 13.9. The van der Waals surface area contributed by atoms with Crippen LogP contribution < -0.4 is 9.80 Å². The summed E-state index contributed by atoms with van der Waals surface area (Å²) in [7, 11) is 0. The molecule has 0 atom stereocenters. The van der Waals surface area contributed by atoms with E-state index in [9.17, 15) is 0 Å². The molecule has 9 aromatic rings. The van der Waals surface area contributed by atoms with E-state index >= 15 is 0 Å². The fraction of sp³-hybridized carbons (Fsp3) is 0.265. The van der Waals surface area contributed by atoms with E-state index in [0.29, 0.717) is 0 Å². The molecule has 0 saturated heterocycles. The lowest BCUT2D eigenvalue weighted by molar-refractivity contribution is 0.657. The lowest BCUT2D eigenvalue weighted by Gasteiger charge is -2.29. The van der Waals surface area contributed by atoms with Crippen LogP contribution in [0.3, 0.4) is 0 Å². The van der Waals surface area contributed by atoms with Crippen molar-refractivity contribution in [3.63, 3.8) is 0 Å². The molecule has 11 rings (SSSR count). The molecule has 2 heteroatoms. The lowest BCUT2D eigenvalue weighted by Crippen LogP contribution is -2.17. The predicted octanol–water partition coefficient (Wildman–Crippen LogP) is 19.2. The van der Waals surface area contributed by atoms with E-state index in [1.54, 1.807) is 0 Å². The zero-order valence-electron chi connectivity index (χ0n) is 44.4. The number of fused-ring (bicyclic) bond motifs is 10. The number of benzene rings is 9. The Morgan fingerprint density at radius 3 is 0.814 bits per heavy atom. The quantitative estimate of drug-likeness (QED) is 0.164. The van der Waals surface area contributed by atoms with E-state index in [1.165, 1.54) is 167 Å². The van der Waals surface area contributed by atoms with E-state index in [0.717, 1.165) is 0 Å². The Labute approximate surface area is 417 Å². The van der Waals surface area contributed by atoms with Gasteiger partial charge in [0.05, 0.1) is 0 Å². The van der Waals surface area contributed by atoms with Crippen LogP contribution in [0, 0.1) is 83.1 Å². The molecule has 0 amide bonds. The fourth-order valence-electron chi connectivity index (χ4n) is 12.5. The molecule has 70 heavy (non-hydrogen) atoms. The molecule has 0 aliphatic heterocycles. The summed E-state index contributed by atoms with van der Waals surface area (Å²) < 4.78 is 0. The van der Waals surface area contributed by atoms with Gasteiger partial charge in [0, 0.05) is 45.0 Å². The van der Waals surface area contributed by atoms with Crippen molar-refractivity contribution in [1.29, 1.82) is 0 Å². The standard InChI is InChI=1S/C68H68N2/c1-37-25-53(26-38(2)45(37)9)69(54-27-39(3)46(10)40(4)28-54)51-19-23-57-49(33-51)17-21-59-61-35-64-62(36-63(61)67(13,14)65(57)59)60-22-18-50-34-52(20-24-58(50)66(60)68(64,15)16)70(55-29-41(5)47(11)42(6)30-55)56-31-43(7)48(12)44(8)32-56/h17-36H,1-16H3. The molecule has 0 saturated carbocycles. The van der Waals surface area contributed by atoms with Gasteiger partial charge in [0.2, 0.25) is 0 Å². The van der Waals surface area contributed by atoms with Crippen molar-refractivity contribution in [1.82, 2.24) is 0 Å². The van der Waals surface area contributed by atoms with Crippen LogP contribution in [-0.4, -0.2) is 0 Å². The third-order valence-electron chi connectivity index (χ3n) is 17.5. The topological polar surface area (TPSA) is 6.48 Å². The molecule has 350 valence electrons. The molecule has 0 N–H and O–H groups in total. The van der Waals surface area contributed by atoms with Gasteiger partial charge in [-0.05, 0) is 301 Å². The Hall–Kier alpha value is -6.90. The Morgan fingerprint density at radius 2 is 0.543 bits per heavy atom. The highest BCUT2D eigenvalue weighted by molar-refractivity contribution is 6.04. The van der Waals surface area contributed by atoms with Gasteiger partial charge >= 0.3 is 0 Å². The Balaban J connectivity index is 1.01. The molecule has 0 aromatic heterocycles. The summed E-state index contributed by atoms with van der Waals surface area (Å²) >= 11 is 0. The van der Waals surface area contributed by atoms with E-state index < -0.39 is 0 Å². The van der Waals surface area contributed by atoms with Crippen molar-refractivity contribution in [2.24, 2.45) is 0 Å². The van der Waals surface area contributed by atoms with Gasteiger partial charge in [-0.3, -0.25) is 0 Å². The SMILES string of the molecule is Cc1cc(N(c2cc(C)c(C)c(C)c2)c2ccc3c4c(ccc3c2)-c2cc3c(cc2C4(C)C)-c2ccc4cc(N(c5cc(C)c(C)c(C)c5)c5cc(C)c(C)c(C)c5)ccc4c2C3(C)C)cc(C)c1C. The summed E-state index contributed by atoms with van der Waals surface area (Å²) in [4.78, 5) is 4.93. The monoisotopic (exact) mass is 913 g/mol. The van der Waals surface area contributed by atoms with Crippen molar-refractivity contribution in [3.05, 3.63) is 210 Å². The Morgan fingerprint density at radius 1 is 0.271 bits per heavy atom. The molecule has 0 heterocycles. The van der Waals surface area contributed by atoms with Crippen LogP contribution in [0.4, 0.5) is 34.1 Å². The van der Waals surface area contributed by atoms with Crippen molar-refractivity contribution in [2.45, 2.75) is 122 Å². The van der Waals surface area contributed by atoms with Gasteiger partial charge in [-0.25, -0.2) is 0 Å². The Bertz CT molecular complexity index is 3290. The third kappa shape index (κ3) is 6.73. The average Bonchev–Trinajstić information content (AvgIpc) is 3.69. The maximum Gasteiger partial charge on any atom is 0.0468 e. The van der Waals surface area contributed by atoms with Gasteiger partial charge in [-0.2, -0.15) is 0 Å². The second-order valence-corrected chi connectivity index (χ2v) is 22.5. The summed E-state index contributed by atoms with van der Waals surface area (Å²) in [6.07, 6.45) is 0. The largest absolute Gasteiger partial charge is 0.310 e. The highest BCUT2D eigenvalue weighted by Crippen LogP contribution is 2.59. The third-order valence-corrected chi connectivity index (χ3v) is 17.5. The van der Waals surface area contributed by atoms with E-state index in [2.05, 4.69) is 242 Å². The summed E-state index contributed by atoms with van der Waals surface area (Å²) in [5.74, 6) is 0. The average molecular weight is 913 g/mol. The Kier molecular flexibility index (Phi) is 10.3. The highest BCUT2D eigenvalue weighted by atomic mass is 15.1. The summed E-state index contributed by atoms with van der Waals surface area (Å²) in [6, 6.07) is 47.9. The zero-order chi connectivity index (χ0) is 49.6. The van der Waals surface area contributed by atoms with E-state index in [1.807, 2.05) is 0 Å². The molecular weight excluding hydrogens is 845 g/mol. The molecule has 2 aliphatic carbocycles. The highest BCUT2D eigenvalue weighted by Gasteiger charge is 2.43.